The van der Waals surface area contributed by atoms with Crippen molar-refractivity contribution < 1.29 is 22.7 Å². The van der Waals surface area contributed by atoms with Gasteiger partial charge in [-0.1, -0.05) is 12.1 Å². The van der Waals surface area contributed by atoms with Crippen LogP contribution < -0.4 is 10.1 Å². The molecule has 1 amide bonds. The van der Waals surface area contributed by atoms with Gasteiger partial charge in [-0.3, -0.25) is 15.2 Å². The fourth-order valence-electron chi connectivity index (χ4n) is 1.58. The third kappa shape index (κ3) is 3.94. The lowest BCUT2D eigenvalue weighted by atomic mass is 10.1. The summed E-state index contributed by atoms with van der Waals surface area (Å²) in [4.78, 5) is 14.9. The highest BCUT2D eigenvalue weighted by Crippen LogP contribution is 2.26. The molecule has 1 heterocycles. The zero-order valence-electron chi connectivity index (χ0n) is 10.9. The Morgan fingerprint density at radius 3 is 2.81 bits per heavy atom. The molecule has 0 saturated heterocycles. The van der Waals surface area contributed by atoms with E-state index in [0.29, 0.717) is 11.3 Å². The molecule has 2 rings (SSSR count). The summed E-state index contributed by atoms with van der Waals surface area (Å²) in [6.45, 7) is 0. The number of anilines is 1. The van der Waals surface area contributed by atoms with E-state index in [9.17, 15) is 18.0 Å². The van der Waals surface area contributed by atoms with Crippen molar-refractivity contribution >= 4 is 11.9 Å². The smallest absolute Gasteiger partial charge is 0.451 e. The first-order valence-corrected chi connectivity index (χ1v) is 5.81. The molecule has 6 nitrogen and oxygen atoms in total. The molecule has 0 saturated carbocycles. The molecule has 0 aliphatic heterocycles. The Morgan fingerprint density at radius 2 is 2.19 bits per heavy atom. The second-order valence-electron chi connectivity index (χ2n) is 4.08. The number of methoxy groups -OCH3 is 1. The number of H-pyrrole nitrogens is 1. The van der Waals surface area contributed by atoms with Crippen LogP contribution in [0, 0.1) is 0 Å². The van der Waals surface area contributed by atoms with E-state index in [2.05, 4.69) is 15.4 Å². The van der Waals surface area contributed by atoms with Crippen LogP contribution in [0.5, 0.6) is 5.75 Å². The number of rotatable bonds is 4. The molecule has 21 heavy (non-hydrogen) atoms. The van der Waals surface area contributed by atoms with E-state index < -0.39 is 23.9 Å². The van der Waals surface area contributed by atoms with E-state index in [1.165, 1.54) is 7.11 Å². The fourth-order valence-corrected chi connectivity index (χ4v) is 1.58. The lowest BCUT2D eigenvalue weighted by Gasteiger charge is -2.04. The number of aromatic amines is 1. The second-order valence-corrected chi connectivity index (χ2v) is 4.08. The highest BCUT2D eigenvalue weighted by molar-refractivity contribution is 5.90. The molecule has 0 radical (unpaired) electrons. The van der Waals surface area contributed by atoms with Crippen molar-refractivity contribution in [2.45, 2.75) is 12.6 Å². The zero-order valence-corrected chi connectivity index (χ0v) is 10.9. The zero-order chi connectivity index (χ0) is 15.5. The lowest BCUT2D eigenvalue weighted by molar-refractivity contribution is -0.144. The molecule has 2 aromatic rings. The van der Waals surface area contributed by atoms with Crippen LogP contribution in [0.3, 0.4) is 0 Å². The lowest BCUT2D eigenvalue weighted by Crippen LogP contribution is -2.15. The quantitative estimate of drug-likeness (QED) is 0.905. The van der Waals surface area contributed by atoms with Gasteiger partial charge >= 0.3 is 6.18 Å². The van der Waals surface area contributed by atoms with Gasteiger partial charge in [-0.15, -0.1) is 5.10 Å². The summed E-state index contributed by atoms with van der Waals surface area (Å²) in [6, 6.07) is 6.77. The molecule has 112 valence electrons. The summed E-state index contributed by atoms with van der Waals surface area (Å²) < 4.78 is 41.9. The summed E-state index contributed by atoms with van der Waals surface area (Å²) in [7, 11) is 1.49. The number of alkyl halides is 3. The SMILES string of the molecule is COc1cccc(CC(=O)Nc2n[nH]c(C(F)(F)F)n2)c1. The van der Waals surface area contributed by atoms with Crippen LogP contribution in [0.1, 0.15) is 11.4 Å². The Kier molecular flexibility index (Phi) is 4.10. The van der Waals surface area contributed by atoms with E-state index >= 15 is 0 Å². The topological polar surface area (TPSA) is 79.9 Å². The van der Waals surface area contributed by atoms with Crippen molar-refractivity contribution in [2.75, 3.05) is 12.4 Å². The number of amides is 1. The largest absolute Gasteiger partial charge is 0.497 e. The van der Waals surface area contributed by atoms with Gasteiger partial charge in [0.1, 0.15) is 5.75 Å². The van der Waals surface area contributed by atoms with Crippen LogP contribution in [-0.2, 0) is 17.4 Å². The molecule has 0 fully saturated rings. The minimum Gasteiger partial charge on any atom is -0.497 e. The van der Waals surface area contributed by atoms with Crippen molar-refractivity contribution in [1.29, 1.82) is 0 Å². The average Bonchev–Trinajstić information content (AvgIpc) is 2.87. The van der Waals surface area contributed by atoms with Gasteiger partial charge in [0.15, 0.2) is 0 Å². The number of halogens is 3. The maximum atomic E-state index is 12.3. The Labute approximate surface area is 117 Å². The summed E-state index contributed by atoms with van der Waals surface area (Å²) in [5.74, 6) is -1.64. The summed E-state index contributed by atoms with van der Waals surface area (Å²) in [5.41, 5.74) is 0.651. The van der Waals surface area contributed by atoms with Crippen LogP contribution in [0.4, 0.5) is 19.1 Å². The van der Waals surface area contributed by atoms with Crippen molar-refractivity contribution in [1.82, 2.24) is 15.2 Å². The number of nitrogens with one attached hydrogen (secondary N) is 2. The van der Waals surface area contributed by atoms with Gasteiger partial charge in [0.25, 0.3) is 0 Å². The number of nitrogens with zero attached hydrogens (tertiary/aromatic N) is 2. The molecule has 1 aromatic heterocycles. The first kappa shape index (κ1) is 14.8. The molecule has 0 spiro atoms. The van der Waals surface area contributed by atoms with Gasteiger partial charge < -0.3 is 4.74 Å². The van der Waals surface area contributed by atoms with E-state index in [1.807, 2.05) is 0 Å². The average molecular weight is 300 g/mol. The molecule has 0 aliphatic carbocycles. The predicted molar refractivity (Wildman–Crippen MR) is 66.7 cm³/mol. The monoisotopic (exact) mass is 300 g/mol. The number of hydrogen-bond acceptors (Lipinski definition) is 4. The molecule has 1 aromatic carbocycles. The molecular weight excluding hydrogens is 289 g/mol. The van der Waals surface area contributed by atoms with Gasteiger partial charge in [0, 0.05) is 0 Å². The molecule has 0 unspecified atom stereocenters. The Morgan fingerprint density at radius 1 is 1.43 bits per heavy atom. The maximum Gasteiger partial charge on any atom is 0.451 e. The van der Waals surface area contributed by atoms with Gasteiger partial charge in [-0.2, -0.15) is 18.2 Å². The number of hydrogen-bond donors (Lipinski definition) is 2. The molecule has 9 heteroatoms. The third-order valence-corrected chi connectivity index (χ3v) is 2.50. The fraction of sp³-hybridized carbons (Fsp3) is 0.250. The van der Waals surface area contributed by atoms with Crippen molar-refractivity contribution in [2.24, 2.45) is 0 Å². The van der Waals surface area contributed by atoms with E-state index in [0.717, 1.165) is 0 Å². The van der Waals surface area contributed by atoms with Crippen LogP contribution in [0.15, 0.2) is 24.3 Å². The van der Waals surface area contributed by atoms with Gasteiger partial charge in [-0.25, -0.2) is 0 Å². The molecule has 0 bridgehead atoms. The number of carbonyl (C=O) groups is 1. The van der Waals surface area contributed by atoms with Crippen molar-refractivity contribution in [3.8, 4) is 5.75 Å². The minimum atomic E-state index is -4.64. The molecular formula is C12H11F3N4O2. The van der Waals surface area contributed by atoms with Gasteiger partial charge in [0.05, 0.1) is 13.5 Å². The molecule has 0 aliphatic rings. The van der Waals surface area contributed by atoms with E-state index in [4.69, 9.17) is 4.74 Å². The normalized spacial score (nSPS) is 11.2. The predicted octanol–water partition coefficient (Wildman–Crippen LogP) is 2.01. The summed E-state index contributed by atoms with van der Waals surface area (Å²) >= 11 is 0. The van der Waals surface area contributed by atoms with E-state index in [1.54, 1.807) is 29.4 Å². The maximum absolute atomic E-state index is 12.3. The first-order chi connectivity index (χ1) is 9.88. The second kappa shape index (κ2) is 5.81. The van der Waals surface area contributed by atoms with Crippen LogP contribution in [0.25, 0.3) is 0 Å². The molecule has 0 atom stereocenters. The highest BCUT2D eigenvalue weighted by Gasteiger charge is 2.35. The third-order valence-electron chi connectivity index (χ3n) is 2.50. The highest BCUT2D eigenvalue weighted by atomic mass is 19.4. The number of aromatic nitrogens is 3. The van der Waals surface area contributed by atoms with Gasteiger partial charge in [0.2, 0.25) is 17.7 Å². The van der Waals surface area contributed by atoms with Crippen molar-refractivity contribution in [3.05, 3.63) is 35.7 Å². The number of ether oxygens (including phenoxy) is 1. The van der Waals surface area contributed by atoms with Crippen molar-refractivity contribution in [3.63, 3.8) is 0 Å². The first-order valence-electron chi connectivity index (χ1n) is 5.81. The summed E-state index contributed by atoms with van der Waals surface area (Å²) in [6.07, 6.45) is -4.67. The Bertz CT molecular complexity index is 639. The van der Waals surface area contributed by atoms with Gasteiger partial charge in [-0.05, 0) is 17.7 Å². The van der Waals surface area contributed by atoms with E-state index in [-0.39, 0.29) is 6.42 Å². The minimum absolute atomic E-state index is 0.0346. The Balaban J connectivity index is 2.00. The molecule has 2 N–H and O–H groups in total. The summed E-state index contributed by atoms with van der Waals surface area (Å²) in [5, 5.41) is 7.18. The van der Waals surface area contributed by atoms with Crippen LogP contribution in [-0.4, -0.2) is 28.2 Å². The van der Waals surface area contributed by atoms with Crippen LogP contribution in [0.2, 0.25) is 0 Å². The number of benzene rings is 1. The van der Waals surface area contributed by atoms with Crippen LogP contribution >= 0.6 is 0 Å². The Hall–Kier alpha value is -2.58. The standard InChI is InChI=1S/C12H11F3N4O2/c1-21-8-4-2-3-7(5-8)6-9(20)16-11-17-10(18-19-11)12(13,14)15/h2-5H,6H2,1H3,(H2,16,17,18,19,20). The number of carbonyl (C=O) groups excluding carboxylic acids is 1.